The van der Waals surface area contributed by atoms with Crippen LogP contribution in [0.3, 0.4) is 0 Å². The van der Waals surface area contributed by atoms with Crippen LogP contribution in [0.5, 0.6) is 0 Å². The Balaban J connectivity index is 1.91. The highest BCUT2D eigenvalue weighted by atomic mass is 16.3. The summed E-state index contributed by atoms with van der Waals surface area (Å²) in [6.07, 6.45) is 5.34. The molecule has 2 rings (SSSR count). The van der Waals surface area contributed by atoms with E-state index >= 15 is 0 Å². The number of carbonyl (C=O) groups excluding carboxylic acids is 1. The van der Waals surface area contributed by atoms with Gasteiger partial charge in [0.25, 0.3) is 5.91 Å². The van der Waals surface area contributed by atoms with Crippen LogP contribution < -0.4 is 5.43 Å². The molecule has 0 radical (unpaired) electrons. The molecule has 1 aromatic heterocycles. The minimum Gasteiger partial charge on any atom is -0.378 e. The molecule has 1 fully saturated rings. The number of aromatic nitrogens is 1. The summed E-state index contributed by atoms with van der Waals surface area (Å²) in [5.74, 6) is -0.389. The Labute approximate surface area is 100 Å². The molecule has 0 aliphatic carbocycles. The van der Waals surface area contributed by atoms with Crippen molar-refractivity contribution in [1.82, 2.24) is 15.4 Å². The molecular weight excluding hydrogens is 218 g/mol. The topological polar surface area (TPSA) is 65.5 Å². The molecule has 1 aliphatic rings. The van der Waals surface area contributed by atoms with Crippen LogP contribution in [0.15, 0.2) is 24.5 Å². The molecule has 1 amide bonds. The van der Waals surface area contributed by atoms with Gasteiger partial charge in [0.05, 0.1) is 0 Å². The molecule has 1 unspecified atom stereocenters. The molecular formula is C12H17N3O2. The largest absolute Gasteiger partial charge is 0.378 e. The van der Waals surface area contributed by atoms with Crippen molar-refractivity contribution < 1.29 is 9.90 Å². The molecule has 5 nitrogen and oxygen atoms in total. The lowest BCUT2D eigenvalue weighted by Gasteiger charge is -2.27. The molecule has 1 atom stereocenters. The van der Waals surface area contributed by atoms with Crippen molar-refractivity contribution >= 4 is 5.91 Å². The summed E-state index contributed by atoms with van der Waals surface area (Å²) < 4.78 is 0. The number of aliphatic hydroxyl groups excluding tert-OH is 1. The number of amides is 1. The number of nitrogens with one attached hydrogen (secondary N) is 1. The molecule has 0 bridgehead atoms. The first-order valence-electron chi connectivity index (χ1n) is 5.91. The fraction of sp³-hybridized carbons (Fsp3) is 0.500. The first-order chi connectivity index (χ1) is 8.27. The smallest absolute Gasteiger partial charge is 0.267 e. The van der Waals surface area contributed by atoms with Crippen LogP contribution in [0.4, 0.5) is 0 Å². The van der Waals surface area contributed by atoms with Crippen molar-refractivity contribution in [2.75, 3.05) is 13.1 Å². The van der Waals surface area contributed by atoms with E-state index in [-0.39, 0.29) is 5.91 Å². The van der Waals surface area contributed by atoms with E-state index in [1.54, 1.807) is 18.3 Å². The summed E-state index contributed by atoms with van der Waals surface area (Å²) in [6.45, 7) is 1.71. The molecule has 1 aromatic rings. The molecule has 0 saturated carbocycles. The van der Waals surface area contributed by atoms with Crippen molar-refractivity contribution in [1.29, 1.82) is 0 Å². The molecule has 1 saturated heterocycles. The number of aliphatic hydroxyl groups is 1. The van der Waals surface area contributed by atoms with Gasteiger partial charge in [-0.25, -0.2) is 5.01 Å². The van der Waals surface area contributed by atoms with Crippen molar-refractivity contribution in [2.45, 2.75) is 25.4 Å². The minimum absolute atomic E-state index is 0.389. The summed E-state index contributed by atoms with van der Waals surface area (Å²) in [5.41, 5.74) is 3.25. The lowest BCUT2D eigenvalue weighted by Crippen LogP contribution is -2.46. The lowest BCUT2D eigenvalue weighted by atomic mass is 10.1. The quantitative estimate of drug-likeness (QED) is 0.806. The Hall–Kier alpha value is -1.46. The summed E-state index contributed by atoms with van der Waals surface area (Å²) in [7, 11) is 0. The second-order valence-electron chi connectivity index (χ2n) is 4.21. The van der Waals surface area contributed by atoms with Gasteiger partial charge < -0.3 is 5.11 Å². The van der Waals surface area contributed by atoms with Gasteiger partial charge in [-0.2, -0.15) is 0 Å². The van der Waals surface area contributed by atoms with Crippen molar-refractivity contribution in [3.05, 3.63) is 30.1 Å². The van der Waals surface area contributed by atoms with Crippen molar-refractivity contribution in [2.24, 2.45) is 0 Å². The number of hydrogen-bond acceptors (Lipinski definition) is 4. The van der Waals surface area contributed by atoms with Crippen LogP contribution >= 0.6 is 0 Å². The van der Waals surface area contributed by atoms with E-state index in [2.05, 4.69) is 10.4 Å². The minimum atomic E-state index is -1.15. The number of piperidine rings is 1. The molecule has 1 aliphatic heterocycles. The summed E-state index contributed by atoms with van der Waals surface area (Å²) >= 11 is 0. The van der Waals surface area contributed by atoms with E-state index in [0.717, 1.165) is 25.9 Å². The van der Waals surface area contributed by atoms with Crippen molar-refractivity contribution in [3.8, 4) is 0 Å². The molecule has 17 heavy (non-hydrogen) atoms. The van der Waals surface area contributed by atoms with Gasteiger partial charge >= 0.3 is 0 Å². The molecule has 0 spiro atoms. The van der Waals surface area contributed by atoms with E-state index in [0.29, 0.717) is 5.56 Å². The summed E-state index contributed by atoms with van der Waals surface area (Å²) in [4.78, 5) is 15.7. The summed E-state index contributed by atoms with van der Waals surface area (Å²) in [5, 5.41) is 11.7. The van der Waals surface area contributed by atoms with E-state index in [1.165, 1.54) is 12.6 Å². The zero-order chi connectivity index (χ0) is 12.1. The maximum atomic E-state index is 11.8. The van der Waals surface area contributed by atoms with E-state index in [9.17, 15) is 9.90 Å². The van der Waals surface area contributed by atoms with E-state index < -0.39 is 6.10 Å². The predicted molar refractivity (Wildman–Crippen MR) is 62.8 cm³/mol. The third-order valence-electron chi connectivity index (χ3n) is 2.87. The SMILES string of the molecule is O=C(NN1CCCCC1)C(O)c1cccnc1. The third kappa shape index (κ3) is 3.25. The number of hydrogen-bond donors (Lipinski definition) is 2. The van der Waals surface area contributed by atoms with Crippen LogP contribution in [0, 0.1) is 0 Å². The van der Waals surface area contributed by atoms with Gasteiger partial charge in [-0.3, -0.25) is 15.2 Å². The Morgan fingerprint density at radius 1 is 1.41 bits per heavy atom. The molecule has 0 aromatic carbocycles. The maximum absolute atomic E-state index is 11.8. The Kier molecular flexibility index (Phi) is 4.06. The van der Waals surface area contributed by atoms with Gasteiger partial charge in [-0.05, 0) is 18.9 Å². The van der Waals surface area contributed by atoms with Gasteiger partial charge in [0.1, 0.15) is 0 Å². The Morgan fingerprint density at radius 2 is 2.18 bits per heavy atom. The average Bonchev–Trinajstić information content (AvgIpc) is 2.40. The maximum Gasteiger partial charge on any atom is 0.267 e. The third-order valence-corrected chi connectivity index (χ3v) is 2.87. The molecule has 5 heteroatoms. The number of nitrogens with zero attached hydrogens (tertiary/aromatic N) is 2. The van der Waals surface area contributed by atoms with Crippen LogP contribution in [-0.2, 0) is 4.79 Å². The zero-order valence-electron chi connectivity index (χ0n) is 9.67. The normalized spacial score (nSPS) is 18.6. The number of carbonyl (C=O) groups is 1. The predicted octanol–water partition coefficient (Wildman–Crippen LogP) is 0.632. The average molecular weight is 235 g/mol. The lowest BCUT2D eigenvalue weighted by molar-refractivity contribution is -0.135. The first-order valence-corrected chi connectivity index (χ1v) is 5.91. The van der Waals surface area contributed by atoms with Crippen LogP contribution in [-0.4, -0.2) is 34.1 Å². The number of hydrazine groups is 1. The highest BCUT2D eigenvalue weighted by molar-refractivity contribution is 5.81. The van der Waals surface area contributed by atoms with Crippen LogP contribution in [0.25, 0.3) is 0 Å². The van der Waals surface area contributed by atoms with E-state index in [4.69, 9.17) is 0 Å². The Bertz CT molecular complexity index is 363. The second-order valence-corrected chi connectivity index (χ2v) is 4.21. The fourth-order valence-electron chi connectivity index (χ4n) is 1.91. The van der Waals surface area contributed by atoms with Crippen molar-refractivity contribution in [3.63, 3.8) is 0 Å². The summed E-state index contributed by atoms with van der Waals surface area (Å²) in [6, 6.07) is 3.39. The van der Waals surface area contributed by atoms with Gasteiger partial charge in [-0.15, -0.1) is 0 Å². The van der Waals surface area contributed by atoms with Crippen LogP contribution in [0.1, 0.15) is 30.9 Å². The fourth-order valence-corrected chi connectivity index (χ4v) is 1.91. The molecule has 2 N–H and O–H groups in total. The standard InChI is InChI=1S/C12H17N3O2/c16-11(10-5-4-6-13-9-10)12(17)14-15-7-2-1-3-8-15/h4-6,9,11,16H,1-3,7-8H2,(H,14,17). The monoisotopic (exact) mass is 235 g/mol. The highest BCUT2D eigenvalue weighted by Gasteiger charge is 2.20. The molecule has 92 valence electrons. The second kappa shape index (κ2) is 5.75. The van der Waals surface area contributed by atoms with Gasteiger partial charge in [0, 0.05) is 31.0 Å². The van der Waals surface area contributed by atoms with Gasteiger partial charge in [-0.1, -0.05) is 12.5 Å². The Morgan fingerprint density at radius 3 is 2.82 bits per heavy atom. The number of pyridine rings is 1. The van der Waals surface area contributed by atoms with E-state index in [1.807, 2.05) is 5.01 Å². The zero-order valence-corrected chi connectivity index (χ0v) is 9.67. The highest BCUT2D eigenvalue weighted by Crippen LogP contribution is 2.12. The van der Waals surface area contributed by atoms with Gasteiger partial charge in [0.2, 0.25) is 0 Å². The van der Waals surface area contributed by atoms with Crippen LogP contribution in [0.2, 0.25) is 0 Å². The number of rotatable bonds is 3. The molecule has 2 heterocycles. The van der Waals surface area contributed by atoms with Gasteiger partial charge in [0.15, 0.2) is 6.10 Å². The first kappa shape index (κ1) is 12.0.